The third kappa shape index (κ3) is 0.650. The molecule has 0 amide bonds. The van der Waals surface area contributed by atoms with E-state index in [9.17, 15) is 0 Å². The molecule has 48 valence electrons. The van der Waals surface area contributed by atoms with Crippen molar-refractivity contribution >= 4 is 0 Å². The molecule has 9 heavy (non-hydrogen) atoms. The number of nitriles is 1. The minimum atomic E-state index is 0.372. The number of nitrogens with zero attached hydrogens (tertiary/aromatic N) is 1. The maximum absolute atomic E-state index is 8.61. The molecule has 1 aliphatic heterocycles. The number of piperidine rings is 1. The second-order valence-electron chi connectivity index (χ2n) is 3.07. The van der Waals surface area contributed by atoms with Gasteiger partial charge in [-0.1, -0.05) is 0 Å². The fourth-order valence-corrected chi connectivity index (χ4v) is 1.99. The Morgan fingerprint density at radius 3 is 2.67 bits per heavy atom. The fraction of sp³-hybridized carbons (Fsp3) is 0.857. The molecule has 0 unspecified atom stereocenters. The van der Waals surface area contributed by atoms with Crippen molar-refractivity contribution in [3.63, 3.8) is 0 Å². The van der Waals surface area contributed by atoms with Crippen LogP contribution in [-0.4, -0.2) is 12.6 Å². The van der Waals surface area contributed by atoms with Crippen molar-refractivity contribution in [2.24, 2.45) is 11.8 Å². The summed E-state index contributed by atoms with van der Waals surface area (Å²) in [6.07, 6.45) is 2.35. The van der Waals surface area contributed by atoms with Gasteiger partial charge in [-0.2, -0.15) is 5.26 Å². The van der Waals surface area contributed by atoms with Gasteiger partial charge >= 0.3 is 0 Å². The topological polar surface area (TPSA) is 35.8 Å². The molecule has 2 bridgehead atoms. The van der Waals surface area contributed by atoms with Crippen molar-refractivity contribution in [3.8, 4) is 6.07 Å². The SMILES string of the molecule is N#C[C@@H]1C[C@@H]2C[C@@H]1CN2. The number of rotatable bonds is 0. The van der Waals surface area contributed by atoms with E-state index in [2.05, 4.69) is 11.4 Å². The molecule has 0 spiro atoms. The third-order valence-corrected chi connectivity index (χ3v) is 2.53. The normalized spacial score (nSPS) is 47.2. The molecular formula is C7H10N2. The van der Waals surface area contributed by atoms with Crippen LogP contribution >= 0.6 is 0 Å². The Bertz CT molecular complexity index is 159. The summed E-state index contributed by atoms with van der Waals surface area (Å²) >= 11 is 0. The fourth-order valence-electron chi connectivity index (χ4n) is 1.99. The van der Waals surface area contributed by atoms with E-state index in [-0.39, 0.29) is 0 Å². The smallest absolute Gasteiger partial charge is 0.0659 e. The zero-order valence-electron chi connectivity index (χ0n) is 5.30. The van der Waals surface area contributed by atoms with E-state index in [0.29, 0.717) is 17.9 Å². The van der Waals surface area contributed by atoms with E-state index < -0.39 is 0 Å². The summed E-state index contributed by atoms with van der Waals surface area (Å²) in [7, 11) is 0. The number of fused-ring (bicyclic) bond motifs is 2. The highest BCUT2D eigenvalue weighted by atomic mass is 15.0. The van der Waals surface area contributed by atoms with Gasteiger partial charge in [0.15, 0.2) is 0 Å². The Kier molecular flexibility index (Phi) is 1.000. The van der Waals surface area contributed by atoms with E-state index in [4.69, 9.17) is 5.26 Å². The maximum Gasteiger partial charge on any atom is 0.0659 e. The minimum absolute atomic E-state index is 0.372. The molecule has 1 aliphatic carbocycles. The molecule has 2 rings (SSSR count). The third-order valence-electron chi connectivity index (χ3n) is 2.53. The van der Waals surface area contributed by atoms with Crippen molar-refractivity contribution in [2.75, 3.05) is 6.54 Å². The zero-order chi connectivity index (χ0) is 6.27. The number of hydrogen-bond acceptors (Lipinski definition) is 2. The van der Waals surface area contributed by atoms with Crippen molar-refractivity contribution in [2.45, 2.75) is 18.9 Å². The molecule has 2 fully saturated rings. The molecule has 2 aliphatic rings. The van der Waals surface area contributed by atoms with Crippen molar-refractivity contribution < 1.29 is 0 Å². The highest BCUT2D eigenvalue weighted by Gasteiger charge is 2.39. The van der Waals surface area contributed by atoms with Crippen LogP contribution in [-0.2, 0) is 0 Å². The van der Waals surface area contributed by atoms with Crippen LogP contribution < -0.4 is 5.32 Å². The predicted molar refractivity (Wildman–Crippen MR) is 33.6 cm³/mol. The summed E-state index contributed by atoms with van der Waals surface area (Å²) in [6.45, 7) is 1.09. The Balaban J connectivity index is 2.12. The van der Waals surface area contributed by atoms with Gasteiger partial charge < -0.3 is 5.32 Å². The number of hydrogen-bond donors (Lipinski definition) is 1. The van der Waals surface area contributed by atoms with Crippen molar-refractivity contribution in [1.82, 2.24) is 5.32 Å². The summed E-state index contributed by atoms with van der Waals surface area (Å²) in [4.78, 5) is 0. The summed E-state index contributed by atoms with van der Waals surface area (Å²) in [5.41, 5.74) is 0. The first-order valence-corrected chi connectivity index (χ1v) is 3.53. The summed E-state index contributed by atoms with van der Waals surface area (Å²) < 4.78 is 0. The van der Waals surface area contributed by atoms with Crippen molar-refractivity contribution in [3.05, 3.63) is 0 Å². The Labute approximate surface area is 54.9 Å². The molecule has 1 saturated carbocycles. The first-order valence-electron chi connectivity index (χ1n) is 3.53. The largest absolute Gasteiger partial charge is 0.314 e. The van der Waals surface area contributed by atoms with Crippen LogP contribution in [0.2, 0.25) is 0 Å². The standard InChI is InChI=1S/C7H10N2/c8-3-5-1-7-2-6(5)4-9-7/h5-7,9H,1-2,4H2/t5-,6+,7+/m0/s1. The van der Waals surface area contributed by atoms with E-state index in [1.165, 1.54) is 6.42 Å². The first kappa shape index (κ1) is 5.25. The molecule has 1 heterocycles. The Morgan fingerprint density at radius 1 is 1.44 bits per heavy atom. The van der Waals surface area contributed by atoms with Crippen LogP contribution in [0.4, 0.5) is 0 Å². The molecule has 0 radical (unpaired) electrons. The Hall–Kier alpha value is -0.550. The van der Waals surface area contributed by atoms with Gasteiger partial charge in [0, 0.05) is 6.04 Å². The molecule has 0 aromatic carbocycles. The van der Waals surface area contributed by atoms with Gasteiger partial charge in [-0.3, -0.25) is 0 Å². The van der Waals surface area contributed by atoms with E-state index >= 15 is 0 Å². The molecule has 3 atom stereocenters. The lowest BCUT2D eigenvalue weighted by Crippen LogP contribution is -2.28. The van der Waals surface area contributed by atoms with Crippen molar-refractivity contribution in [1.29, 1.82) is 5.26 Å². The van der Waals surface area contributed by atoms with Gasteiger partial charge in [0.1, 0.15) is 0 Å². The van der Waals surface area contributed by atoms with Crippen LogP contribution in [0.25, 0.3) is 0 Å². The molecular weight excluding hydrogens is 112 g/mol. The van der Waals surface area contributed by atoms with Gasteiger partial charge in [0.2, 0.25) is 0 Å². The predicted octanol–water partition coefficient (Wildman–Crippen LogP) is 0.508. The monoisotopic (exact) mass is 122 g/mol. The lowest BCUT2D eigenvalue weighted by Gasteiger charge is -2.14. The lowest BCUT2D eigenvalue weighted by molar-refractivity contribution is 0.423. The van der Waals surface area contributed by atoms with Gasteiger partial charge in [-0.25, -0.2) is 0 Å². The van der Waals surface area contributed by atoms with Gasteiger partial charge in [0.25, 0.3) is 0 Å². The van der Waals surface area contributed by atoms with Crippen LogP contribution in [0.5, 0.6) is 0 Å². The van der Waals surface area contributed by atoms with Crippen LogP contribution in [0.15, 0.2) is 0 Å². The minimum Gasteiger partial charge on any atom is -0.314 e. The van der Waals surface area contributed by atoms with Gasteiger partial charge in [0.05, 0.1) is 12.0 Å². The molecule has 1 N–H and O–H groups in total. The first-order chi connectivity index (χ1) is 4.40. The van der Waals surface area contributed by atoms with E-state index in [1.807, 2.05) is 0 Å². The lowest BCUT2D eigenvalue weighted by atomic mass is 9.97. The zero-order valence-corrected chi connectivity index (χ0v) is 5.30. The summed E-state index contributed by atoms with van der Waals surface area (Å²) in [6, 6.07) is 3.04. The van der Waals surface area contributed by atoms with E-state index in [0.717, 1.165) is 13.0 Å². The summed E-state index contributed by atoms with van der Waals surface area (Å²) in [5.74, 6) is 1.05. The van der Waals surface area contributed by atoms with Crippen LogP contribution in [0.3, 0.4) is 0 Å². The molecule has 2 heteroatoms. The second-order valence-corrected chi connectivity index (χ2v) is 3.07. The molecule has 0 aromatic heterocycles. The average molecular weight is 122 g/mol. The quantitative estimate of drug-likeness (QED) is 0.508. The highest BCUT2D eigenvalue weighted by molar-refractivity contribution is 5.03. The average Bonchev–Trinajstić information content (AvgIpc) is 2.45. The maximum atomic E-state index is 8.61. The van der Waals surface area contributed by atoms with Gasteiger partial charge in [-0.15, -0.1) is 0 Å². The molecule has 1 saturated heterocycles. The highest BCUT2D eigenvalue weighted by Crippen LogP contribution is 2.35. The molecule has 0 aromatic rings. The van der Waals surface area contributed by atoms with Crippen LogP contribution in [0.1, 0.15) is 12.8 Å². The Morgan fingerprint density at radius 2 is 2.33 bits per heavy atom. The second kappa shape index (κ2) is 1.71. The van der Waals surface area contributed by atoms with E-state index in [1.54, 1.807) is 0 Å². The van der Waals surface area contributed by atoms with Gasteiger partial charge in [-0.05, 0) is 25.3 Å². The number of nitrogens with one attached hydrogen (secondary N) is 1. The summed E-state index contributed by atoms with van der Waals surface area (Å²) in [5, 5.41) is 12.0. The van der Waals surface area contributed by atoms with Crippen LogP contribution in [0, 0.1) is 23.2 Å². The molecule has 2 nitrogen and oxygen atoms in total.